The van der Waals surface area contributed by atoms with E-state index < -0.39 is 17.6 Å². The molecule has 0 bridgehead atoms. The second kappa shape index (κ2) is 5.85. The first-order valence-electron chi connectivity index (χ1n) is 6.98. The number of anilines is 1. The van der Waals surface area contributed by atoms with Crippen LogP contribution in [0.25, 0.3) is 0 Å². The van der Waals surface area contributed by atoms with E-state index in [1.54, 1.807) is 6.07 Å². The Kier molecular flexibility index (Phi) is 4.02. The number of benzene rings is 1. The summed E-state index contributed by atoms with van der Waals surface area (Å²) in [5.41, 5.74) is 0.555. The monoisotopic (exact) mass is 340 g/mol. The van der Waals surface area contributed by atoms with E-state index in [-0.39, 0.29) is 17.3 Å². The summed E-state index contributed by atoms with van der Waals surface area (Å²) in [6, 6.07) is 5.99. The first kappa shape index (κ1) is 15.8. The van der Waals surface area contributed by atoms with Crippen LogP contribution in [0.2, 0.25) is 5.02 Å². The van der Waals surface area contributed by atoms with Crippen LogP contribution < -0.4 is 5.32 Å². The molecule has 1 heterocycles. The van der Waals surface area contributed by atoms with Gasteiger partial charge in [-0.2, -0.15) is 13.2 Å². The Hall–Kier alpha value is -2.08. The highest BCUT2D eigenvalue weighted by atomic mass is 35.5. The van der Waals surface area contributed by atoms with Gasteiger partial charge in [0.2, 0.25) is 0 Å². The Bertz CT molecular complexity index is 740. The van der Waals surface area contributed by atoms with Gasteiger partial charge >= 0.3 is 6.18 Å². The molecule has 1 aromatic carbocycles. The summed E-state index contributed by atoms with van der Waals surface area (Å²) in [4.78, 5) is 16.4. The van der Waals surface area contributed by atoms with Crippen molar-refractivity contribution in [1.29, 1.82) is 0 Å². The molecule has 1 saturated carbocycles. The highest BCUT2D eigenvalue weighted by Crippen LogP contribution is 2.42. The largest absolute Gasteiger partial charge is 0.416 e. The Morgan fingerprint density at radius 2 is 1.87 bits per heavy atom. The van der Waals surface area contributed by atoms with Crippen LogP contribution in [0.5, 0.6) is 0 Å². The minimum absolute atomic E-state index is 0.261. The van der Waals surface area contributed by atoms with Crippen LogP contribution in [0.15, 0.2) is 36.5 Å². The Morgan fingerprint density at radius 3 is 2.43 bits per heavy atom. The van der Waals surface area contributed by atoms with Gasteiger partial charge in [-0.15, -0.1) is 0 Å². The van der Waals surface area contributed by atoms with Crippen molar-refractivity contribution in [2.75, 3.05) is 5.32 Å². The fraction of sp³-hybridized carbons (Fsp3) is 0.250. The molecule has 120 valence electrons. The third-order valence-electron chi connectivity index (χ3n) is 3.59. The molecular formula is C16H12ClF3N2O. The maximum Gasteiger partial charge on any atom is 0.416 e. The van der Waals surface area contributed by atoms with Gasteiger partial charge in [-0.05, 0) is 54.7 Å². The van der Waals surface area contributed by atoms with Crippen molar-refractivity contribution in [2.24, 2.45) is 0 Å². The molecule has 1 fully saturated rings. The lowest BCUT2D eigenvalue weighted by atomic mass is 10.1. The van der Waals surface area contributed by atoms with E-state index in [1.807, 2.05) is 0 Å². The first-order valence-corrected chi connectivity index (χ1v) is 7.36. The molecule has 1 aliphatic rings. The molecule has 0 unspecified atom stereocenters. The summed E-state index contributed by atoms with van der Waals surface area (Å²) >= 11 is 5.91. The van der Waals surface area contributed by atoms with Gasteiger partial charge in [-0.1, -0.05) is 11.6 Å². The predicted molar refractivity (Wildman–Crippen MR) is 80.6 cm³/mol. The van der Waals surface area contributed by atoms with Gasteiger partial charge in [-0.3, -0.25) is 4.79 Å². The zero-order valence-electron chi connectivity index (χ0n) is 11.8. The molecule has 2 aromatic rings. The molecule has 3 nitrogen and oxygen atoms in total. The number of halogens is 4. The van der Waals surface area contributed by atoms with Crippen LogP contribution in [-0.2, 0) is 6.18 Å². The smallest absolute Gasteiger partial charge is 0.321 e. The number of alkyl halides is 3. The molecule has 0 spiro atoms. The van der Waals surface area contributed by atoms with Gasteiger partial charge in [0.1, 0.15) is 5.69 Å². The van der Waals surface area contributed by atoms with Crippen LogP contribution in [0.3, 0.4) is 0 Å². The molecule has 3 rings (SSSR count). The van der Waals surface area contributed by atoms with Gasteiger partial charge in [0.25, 0.3) is 5.91 Å². The summed E-state index contributed by atoms with van der Waals surface area (Å²) in [6.45, 7) is 0. The molecule has 1 aromatic heterocycles. The molecule has 0 saturated heterocycles. The van der Waals surface area contributed by atoms with Gasteiger partial charge < -0.3 is 5.32 Å². The van der Waals surface area contributed by atoms with Crippen molar-refractivity contribution in [2.45, 2.75) is 24.9 Å². The number of hydrogen-bond acceptors (Lipinski definition) is 2. The van der Waals surface area contributed by atoms with E-state index in [1.165, 1.54) is 18.3 Å². The quantitative estimate of drug-likeness (QED) is 0.865. The van der Waals surface area contributed by atoms with Crippen molar-refractivity contribution >= 4 is 23.2 Å². The Labute approximate surface area is 135 Å². The van der Waals surface area contributed by atoms with Crippen LogP contribution in [0.4, 0.5) is 18.9 Å². The lowest BCUT2D eigenvalue weighted by Gasteiger charge is -2.10. The molecule has 7 heteroatoms. The maximum atomic E-state index is 12.5. The minimum Gasteiger partial charge on any atom is -0.321 e. The number of rotatable bonds is 3. The summed E-state index contributed by atoms with van der Waals surface area (Å²) < 4.78 is 37.6. The Morgan fingerprint density at radius 1 is 1.22 bits per heavy atom. The summed E-state index contributed by atoms with van der Waals surface area (Å²) in [7, 11) is 0. The topological polar surface area (TPSA) is 42.0 Å². The van der Waals surface area contributed by atoms with Gasteiger partial charge in [0.15, 0.2) is 0 Å². The summed E-state index contributed by atoms with van der Waals surface area (Å²) in [5.74, 6) is -0.183. The molecule has 23 heavy (non-hydrogen) atoms. The first-order chi connectivity index (χ1) is 10.8. The zero-order chi connectivity index (χ0) is 16.6. The van der Waals surface area contributed by atoms with Crippen LogP contribution in [-0.4, -0.2) is 10.9 Å². The van der Waals surface area contributed by atoms with Crippen LogP contribution in [0.1, 0.15) is 40.4 Å². The molecule has 1 aliphatic carbocycles. The van der Waals surface area contributed by atoms with Gasteiger partial charge in [-0.25, -0.2) is 4.98 Å². The second-order valence-electron chi connectivity index (χ2n) is 5.39. The van der Waals surface area contributed by atoms with Crippen molar-refractivity contribution in [3.05, 3.63) is 58.4 Å². The molecule has 1 N–H and O–H groups in total. The maximum absolute atomic E-state index is 12.5. The third-order valence-corrected chi connectivity index (χ3v) is 3.79. The lowest BCUT2D eigenvalue weighted by Crippen LogP contribution is -2.16. The minimum atomic E-state index is -4.40. The lowest BCUT2D eigenvalue weighted by molar-refractivity contribution is -0.137. The second-order valence-corrected chi connectivity index (χ2v) is 5.83. The van der Waals surface area contributed by atoms with E-state index in [4.69, 9.17) is 11.6 Å². The molecular weight excluding hydrogens is 329 g/mol. The fourth-order valence-corrected chi connectivity index (χ4v) is 2.45. The zero-order valence-corrected chi connectivity index (χ0v) is 12.6. The summed E-state index contributed by atoms with van der Waals surface area (Å²) in [5, 5.41) is 3.02. The standard InChI is InChI=1S/C16H12ClF3N2O/c17-11-7-13(9-1-2-9)14(21-8-11)15(23)22-12-5-3-10(4-6-12)16(18,19)20/h3-9H,1-2H2,(H,22,23). The van der Waals surface area contributed by atoms with E-state index in [2.05, 4.69) is 10.3 Å². The number of pyridine rings is 1. The van der Waals surface area contributed by atoms with Crippen molar-refractivity contribution in [3.63, 3.8) is 0 Å². The summed E-state index contributed by atoms with van der Waals surface area (Å²) in [6.07, 6.45) is -1.07. The van der Waals surface area contributed by atoms with E-state index >= 15 is 0 Å². The van der Waals surface area contributed by atoms with Gasteiger partial charge in [0.05, 0.1) is 10.6 Å². The van der Waals surface area contributed by atoms with Gasteiger partial charge in [0, 0.05) is 11.9 Å². The average Bonchev–Trinajstić information content (AvgIpc) is 3.31. The predicted octanol–water partition coefficient (Wildman–Crippen LogP) is 4.88. The van der Waals surface area contributed by atoms with Crippen LogP contribution in [0, 0.1) is 0 Å². The van der Waals surface area contributed by atoms with Crippen molar-refractivity contribution in [1.82, 2.24) is 4.98 Å². The molecule has 0 aliphatic heterocycles. The van der Waals surface area contributed by atoms with E-state index in [0.29, 0.717) is 5.02 Å². The number of nitrogens with one attached hydrogen (secondary N) is 1. The van der Waals surface area contributed by atoms with E-state index in [0.717, 1.165) is 30.5 Å². The average molecular weight is 341 g/mol. The molecule has 1 amide bonds. The fourth-order valence-electron chi connectivity index (χ4n) is 2.28. The number of hydrogen-bond donors (Lipinski definition) is 1. The molecule has 0 atom stereocenters. The number of aromatic nitrogens is 1. The van der Waals surface area contributed by atoms with E-state index in [9.17, 15) is 18.0 Å². The Balaban J connectivity index is 1.80. The number of amides is 1. The highest BCUT2D eigenvalue weighted by molar-refractivity contribution is 6.30. The number of nitrogens with zero attached hydrogens (tertiary/aromatic N) is 1. The molecule has 0 radical (unpaired) electrons. The van der Waals surface area contributed by atoms with Crippen molar-refractivity contribution in [3.8, 4) is 0 Å². The highest BCUT2D eigenvalue weighted by Gasteiger charge is 2.31. The third kappa shape index (κ3) is 3.64. The SMILES string of the molecule is O=C(Nc1ccc(C(F)(F)F)cc1)c1ncc(Cl)cc1C1CC1. The van der Waals surface area contributed by atoms with Crippen molar-refractivity contribution < 1.29 is 18.0 Å². The number of carbonyl (C=O) groups is 1. The normalized spacial score (nSPS) is 14.6. The number of carbonyl (C=O) groups excluding carboxylic acids is 1. The van der Waals surface area contributed by atoms with Crippen LogP contribution >= 0.6 is 11.6 Å².